The minimum absolute atomic E-state index is 0.286. The third kappa shape index (κ3) is 5.58. The summed E-state index contributed by atoms with van der Waals surface area (Å²) in [4.78, 5) is 24.0. The van der Waals surface area contributed by atoms with E-state index in [1.807, 2.05) is 26.8 Å². The van der Waals surface area contributed by atoms with Crippen LogP contribution in [0.5, 0.6) is 0 Å². The Morgan fingerprint density at radius 1 is 1.10 bits per heavy atom. The van der Waals surface area contributed by atoms with Crippen LogP contribution in [0.4, 0.5) is 0 Å². The Morgan fingerprint density at radius 2 is 1.71 bits per heavy atom. The maximum absolute atomic E-state index is 12.0. The normalized spacial score (nSPS) is 13.6. The molecule has 0 saturated heterocycles. The van der Waals surface area contributed by atoms with Crippen LogP contribution in [0.3, 0.4) is 0 Å². The molecule has 0 radical (unpaired) electrons. The fraction of sp³-hybridized carbons (Fsp3) is 0.529. The quantitative estimate of drug-likeness (QED) is 0.722. The highest BCUT2D eigenvalue weighted by Crippen LogP contribution is 2.16. The molecule has 0 heterocycles. The molecule has 0 N–H and O–H groups in total. The Hall–Kier alpha value is -1.84. The molecule has 0 saturated carbocycles. The van der Waals surface area contributed by atoms with Crippen molar-refractivity contribution in [2.45, 2.75) is 40.2 Å². The van der Waals surface area contributed by atoms with Gasteiger partial charge in [0.1, 0.15) is 6.10 Å². The maximum atomic E-state index is 12.0. The first-order valence-electron chi connectivity index (χ1n) is 7.38. The Labute approximate surface area is 126 Å². The van der Waals surface area contributed by atoms with Crippen molar-refractivity contribution in [1.82, 2.24) is 0 Å². The summed E-state index contributed by atoms with van der Waals surface area (Å²) in [6.45, 7) is 7.95. The first kappa shape index (κ1) is 17.2. The maximum Gasteiger partial charge on any atom is 0.338 e. The lowest BCUT2D eigenvalue weighted by Gasteiger charge is -2.22. The van der Waals surface area contributed by atoms with Gasteiger partial charge in [0.15, 0.2) is 0 Å². The Kier molecular flexibility index (Phi) is 6.92. The summed E-state index contributed by atoms with van der Waals surface area (Å²) in [5.74, 6) is -0.872. The van der Waals surface area contributed by atoms with Gasteiger partial charge in [0.25, 0.3) is 0 Å². The molecule has 0 amide bonds. The zero-order valence-electron chi connectivity index (χ0n) is 13.2. The van der Waals surface area contributed by atoms with Crippen molar-refractivity contribution >= 4 is 11.9 Å². The van der Waals surface area contributed by atoms with E-state index in [1.165, 1.54) is 0 Å². The van der Waals surface area contributed by atoms with E-state index >= 15 is 0 Å². The van der Waals surface area contributed by atoms with Crippen LogP contribution in [-0.2, 0) is 14.3 Å². The molecule has 0 aliphatic heterocycles. The lowest BCUT2D eigenvalue weighted by atomic mass is 10.0. The zero-order chi connectivity index (χ0) is 15.8. The predicted octanol–water partition coefficient (Wildman–Crippen LogP) is 3.46. The smallest absolute Gasteiger partial charge is 0.338 e. The van der Waals surface area contributed by atoms with Crippen LogP contribution in [-0.4, -0.2) is 24.6 Å². The van der Waals surface area contributed by atoms with Gasteiger partial charge in [-0.1, -0.05) is 39.0 Å². The van der Waals surface area contributed by atoms with E-state index in [1.54, 1.807) is 31.2 Å². The summed E-state index contributed by atoms with van der Waals surface area (Å²) in [5.41, 5.74) is 0.481. The molecule has 0 spiro atoms. The molecule has 1 aromatic carbocycles. The number of carbonyl (C=O) groups excluding carboxylic acids is 2. The molecule has 0 bridgehead atoms. The molecular formula is C17H24O4. The van der Waals surface area contributed by atoms with Crippen LogP contribution >= 0.6 is 0 Å². The van der Waals surface area contributed by atoms with E-state index in [9.17, 15) is 9.59 Å². The topological polar surface area (TPSA) is 52.6 Å². The van der Waals surface area contributed by atoms with Crippen molar-refractivity contribution in [1.29, 1.82) is 0 Å². The largest absolute Gasteiger partial charge is 0.465 e. The Balaban J connectivity index is 2.60. The van der Waals surface area contributed by atoms with Gasteiger partial charge >= 0.3 is 11.9 Å². The molecule has 0 fully saturated rings. The van der Waals surface area contributed by atoms with Crippen LogP contribution in [0, 0.1) is 11.8 Å². The third-order valence-corrected chi connectivity index (χ3v) is 3.17. The number of ether oxygens (including phenoxy) is 2. The van der Waals surface area contributed by atoms with Gasteiger partial charge in [-0.25, -0.2) is 4.79 Å². The van der Waals surface area contributed by atoms with E-state index in [0.717, 1.165) is 0 Å². The highest BCUT2D eigenvalue weighted by atomic mass is 16.6. The molecule has 0 aromatic heterocycles. The second kappa shape index (κ2) is 8.45. The van der Waals surface area contributed by atoms with E-state index < -0.39 is 18.0 Å². The summed E-state index contributed by atoms with van der Waals surface area (Å²) in [5, 5.41) is 0. The van der Waals surface area contributed by atoms with Crippen LogP contribution in [0.15, 0.2) is 30.3 Å². The van der Waals surface area contributed by atoms with Gasteiger partial charge < -0.3 is 9.47 Å². The predicted molar refractivity (Wildman–Crippen MR) is 80.9 cm³/mol. The second-order valence-corrected chi connectivity index (χ2v) is 5.52. The van der Waals surface area contributed by atoms with Gasteiger partial charge in [-0.05, 0) is 31.4 Å². The minimum atomic E-state index is -0.512. The minimum Gasteiger partial charge on any atom is -0.465 e. The second-order valence-electron chi connectivity index (χ2n) is 5.52. The summed E-state index contributed by atoms with van der Waals surface area (Å²) in [7, 11) is 0. The third-order valence-electron chi connectivity index (χ3n) is 3.17. The van der Waals surface area contributed by atoms with Crippen molar-refractivity contribution in [3.63, 3.8) is 0 Å². The average molecular weight is 292 g/mol. The molecule has 1 rings (SSSR count). The molecule has 2 unspecified atom stereocenters. The van der Waals surface area contributed by atoms with Crippen LogP contribution in [0.2, 0.25) is 0 Å². The number of benzene rings is 1. The highest BCUT2D eigenvalue weighted by molar-refractivity contribution is 5.89. The lowest BCUT2D eigenvalue weighted by molar-refractivity contribution is -0.153. The molecule has 0 aliphatic rings. The molecule has 1 aromatic rings. The van der Waals surface area contributed by atoms with Gasteiger partial charge in [0.05, 0.1) is 18.1 Å². The monoisotopic (exact) mass is 292 g/mol. The standard InChI is InChI=1S/C17H24O4/c1-5-15(17(19)20-11-12(2)3)13(4)21-16(18)14-9-7-6-8-10-14/h6-10,12-13,15H,5,11H2,1-4H3. The molecule has 4 nitrogen and oxygen atoms in total. The van der Waals surface area contributed by atoms with Crippen molar-refractivity contribution in [3.8, 4) is 0 Å². The first-order chi connectivity index (χ1) is 9.95. The lowest BCUT2D eigenvalue weighted by Crippen LogP contribution is -2.32. The molecule has 21 heavy (non-hydrogen) atoms. The Morgan fingerprint density at radius 3 is 2.24 bits per heavy atom. The molecule has 0 aliphatic carbocycles. The van der Waals surface area contributed by atoms with Crippen LogP contribution in [0.25, 0.3) is 0 Å². The first-order valence-corrected chi connectivity index (χ1v) is 7.38. The van der Waals surface area contributed by atoms with E-state index in [2.05, 4.69) is 0 Å². The number of hydrogen-bond acceptors (Lipinski definition) is 4. The van der Waals surface area contributed by atoms with Gasteiger partial charge in [0, 0.05) is 0 Å². The van der Waals surface area contributed by atoms with Crippen molar-refractivity contribution < 1.29 is 19.1 Å². The van der Waals surface area contributed by atoms with E-state index in [4.69, 9.17) is 9.47 Å². The number of rotatable bonds is 7. The molecule has 4 heteroatoms. The molecule has 116 valence electrons. The zero-order valence-corrected chi connectivity index (χ0v) is 13.2. The summed E-state index contributed by atoms with van der Waals surface area (Å²) in [6.07, 6.45) is 0.0579. The van der Waals surface area contributed by atoms with E-state index in [-0.39, 0.29) is 11.9 Å². The fourth-order valence-electron chi connectivity index (χ4n) is 1.94. The van der Waals surface area contributed by atoms with E-state index in [0.29, 0.717) is 18.6 Å². The van der Waals surface area contributed by atoms with Gasteiger partial charge in [-0.2, -0.15) is 0 Å². The molecular weight excluding hydrogens is 268 g/mol. The average Bonchev–Trinajstić information content (AvgIpc) is 2.46. The van der Waals surface area contributed by atoms with Crippen LogP contribution < -0.4 is 0 Å². The van der Waals surface area contributed by atoms with Gasteiger partial charge in [-0.15, -0.1) is 0 Å². The van der Waals surface area contributed by atoms with Gasteiger partial charge in [-0.3, -0.25) is 4.79 Å². The number of esters is 2. The Bertz CT molecular complexity index is 453. The summed E-state index contributed by atoms with van der Waals surface area (Å²) in [6, 6.07) is 8.75. The summed E-state index contributed by atoms with van der Waals surface area (Å²) < 4.78 is 10.6. The molecule has 2 atom stereocenters. The SMILES string of the molecule is CCC(C(=O)OCC(C)C)C(C)OC(=O)c1ccccc1. The van der Waals surface area contributed by atoms with Crippen molar-refractivity contribution in [3.05, 3.63) is 35.9 Å². The number of hydrogen-bond donors (Lipinski definition) is 0. The van der Waals surface area contributed by atoms with Crippen LogP contribution in [0.1, 0.15) is 44.5 Å². The van der Waals surface area contributed by atoms with Gasteiger partial charge in [0.2, 0.25) is 0 Å². The van der Waals surface area contributed by atoms with Crippen molar-refractivity contribution in [2.75, 3.05) is 6.61 Å². The highest BCUT2D eigenvalue weighted by Gasteiger charge is 2.28. The van der Waals surface area contributed by atoms with Crippen molar-refractivity contribution in [2.24, 2.45) is 11.8 Å². The number of carbonyl (C=O) groups is 2. The fourth-order valence-corrected chi connectivity index (χ4v) is 1.94. The summed E-state index contributed by atoms with van der Waals surface area (Å²) >= 11 is 0.